The number of hydrogen-bond acceptors (Lipinski definition) is 5. The molecule has 0 saturated carbocycles. The summed E-state index contributed by atoms with van der Waals surface area (Å²) in [4.78, 5) is 20.9. The van der Waals surface area contributed by atoms with Gasteiger partial charge in [0.15, 0.2) is 5.13 Å². The molecule has 0 fully saturated rings. The van der Waals surface area contributed by atoms with Crippen molar-refractivity contribution in [1.29, 1.82) is 0 Å². The maximum absolute atomic E-state index is 13.5. The first kappa shape index (κ1) is 18.8. The highest BCUT2D eigenvalue weighted by Gasteiger charge is 2.24. The van der Waals surface area contributed by atoms with Gasteiger partial charge in [-0.05, 0) is 67.6 Å². The number of rotatable bonds is 5. The molecule has 0 atom stereocenters. The summed E-state index contributed by atoms with van der Waals surface area (Å²) in [5.74, 6) is 0.649. The number of aryl methyl sites for hydroxylation is 2. The summed E-state index contributed by atoms with van der Waals surface area (Å²) in [5, 5.41) is 0.678. The molecular formula is C22H20N2O2S2. The number of fused-ring (bicyclic) bond motifs is 1. The van der Waals surface area contributed by atoms with Crippen molar-refractivity contribution in [3.8, 4) is 0 Å². The van der Waals surface area contributed by atoms with E-state index in [1.165, 1.54) is 22.5 Å². The molecule has 0 saturated heterocycles. The highest BCUT2D eigenvalue weighted by molar-refractivity contribution is 7.98. The van der Waals surface area contributed by atoms with Gasteiger partial charge < -0.3 is 4.42 Å². The Morgan fingerprint density at radius 2 is 1.93 bits per heavy atom. The second-order valence-corrected chi connectivity index (χ2v) is 8.43. The molecule has 0 aliphatic rings. The third-order valence-electron chi connectivity index (χ3n) is 4.70. The molecule has 4 aromatic rings. The first-order chi connectivity index (χ1) is 13.6. The van der Waals surface area contributed by atoms with Crippen molar-refractivity contribution >= 4 is 44.4 Å². The lowest BCUT2D eigenvalue weighted by molar-refractivity contribution is 0.0980. The van der Waals surface area contributed by atoms with Crippen molar-refractivity contribution in [1.82, 2.24) is 4.98 Å². The smallest absolute Gasteiger partial charge is 0.261 e. The fourth-order valence-electron chi connectivity index (χ4n) is 3.03. The SMILES string of the molecule is CSc1ccccc1C(=O)N(Cc1ccco1)c1nc2cc(C)c(C)cc2s1. The molecule has 1 amide bonds. The number of furan rings is 1. The second-order valence-electron chi connectivity index (χ2n) is 6.57. The summed E-state index contributed by atoms with van der Waals surface area (Å²) in [6, 6.07) is 15.6. The van der Waals surface area contributed by atoms with Crippen molar-refractivity contribution in [3.63, 3.8) is 0 Å². The predicted octanol–water partition coefficient (Wildman–Crippen LogP) is 6.08. The topological polar surface area (TPSA) is 46.3 Å². The minimum atomic E-state index is -0.0751. The van der Waals surface area contributed by atoms with Gasteiger partial charge in [0.05, 0.1) is 28.6 Å². The van der Waals surface area contributed by atoms with Crippen LogP contribution in [0.1, 0.15) is 27.2 Å². The Balaban J connectivity index is 1.80. The Kier molecular flexibility index (Phi) is 5.24. The number of benzene rings is 2. The Hall–Kier alpha value is -2.57. The Labute approximate surface area is 172 Å². The molecule has 0 spiro atoms. The molecule has 0 bridgehead atoms. The van der Waals surface area contributed by atoms with Gasteiger partial charge in [-0.1, -0.05) is 23.5 Å². The summed E-state index contributed by atoms with van der Waals surface area (Å²) < 4.78 is 6.60. The lowest BCUT2D eigenvalue weighted by Gasteiger charge is -2.20. The third-order valence-corrected chi connectivity index (χ3v) is 6.54. The standard InChI is InChI=1S/C22H20N2O2S2/c1-14-11-18-20(12-15(14)2)28-22(23-18)24(13-16-7-6-10-26-16)21(25)17-8-4-5-9-19(17)27-3/h4-12H,13H2,1-3H3. The molecule has 4 rings (SSSR count). The Morgan fingerprint density at radius 1 is 1.14 bits per heavy atom. The normalized spacial score (nSPS) is 11.1. The molecule has 0 N–H and O–H groups in total. The highest BCUT2D eigenvalue weighted by atomic mass is 32.2. The molecule has 6 heteroatoms. The molecular weight excluding hydrogens is 388 g/mol. The summed E-state index contributed by atoms with van der Waals surface area (Å²) in [5.41, 5.74) is 4.01. The highest BCUT2D eigenvalue weighted by Crippen LogP contribution is 2.33. The maximum Gasteiger partial charge on any atom is 0.261 e. The van der Waals surface area contributed by atoms with Gasteiger partial charge >= 0.3 is 0 Å². The lowest BCUT2D eigenvalue weighted by atomic mass is 10.1. The minimum Gasteiger partial charge on any atom is -0.467 e. The largest absolute Gasteiger partial charge is 0.467 e. The van der Waals surface area contributed by atoms with Crippen molar-refractivity contribution < 1.29 is 9.21 Å². The number of nitrogens with zero attached hydrogens (tertiary/aromatic N) is 2. The summed E-state index contributed by atoms with van der Waals surface area (Å²) in [6.45, 7) is 4.51. The van der Waals surface area contributed by atoms with Crippen LogP contribution in [-0.4, -0.2) is 17.1 Å². The molecule has 142 valence electrons. The van der Waals surface area contributed by atoms with Crippen LogP contribution in [0.5, 0.6) is 0 Å². The maximum atomic E-state index is 13.5. The Bertz CT molecular complexity index is 1090. The number of hydrogen-bond donors (Lipinski definition) is 0. The summed E-state index contributed by atoms with van der Waals surface area (Å²) >= 11 is 3.10. The molecule has 0 aliphatic carbocycles. The number of thioether (sulfide) groups is 1. The summed E-state index contributed by atoms with van der Waals surface area (Å²) in [7, 11) is 0. The van der Waals surface area contributed by atoms with Gasteiger partial charge in [0.1, 0.15) is 5.76 Å². The van der Waals surface area contributed by atoms with E-state index in [0.29, 0.717) is 17.2 Å². The van der Waals surface area contributed by atoms with E-state index in [9.17, 15) is 4.79 Å². The fourth-order valence-corrected chi connectivity index (χ4v) is 4.67. The first-order valence-corrected chi connectivity index (χ1v) is 11.0. The van der Waals surface area contributed by atoms with E-state index in [1.807, 2.05) is 42.7 Å². The number of thiazole rings is 1. The van der Waals surface area contributed by atoms with Gasteiger partial charge in [0, 0.05) is 4.90 Å². The van der Waals surface area contributed by atoms with Crippen molar-refractivity contribution in [3.05, 3.63) is 77.2 Å². The molecule has 2 heterocycles. The van der Waals surface area contributed by atoms with E-state index in [0.717, 1.165) is 20.9 Å². The first-order valence-electron chi connectivity index (χ1n) is 8.92. The quantitative estimate of drug-likeness (QED) is 0.376. The lowest BCUT2D eigenvalue weighted by Crippen LogP contribution is -2.30. The molecule has 0 aliphatic heterocycles. The molecule has 4 nitrogen and oxygen atoms in total. The number of amides is 1. The van der Waals surface area contributed by atoms with Crippen LogP contribution >= 0.6 is 23.1 Å². The average molecular weight is 409 g/mol. The van der Waals surface area contributed by atoms with Crippen molar-refractivity contribution in [2.75, 3.05) is 11.2 Å². The molecule has 0 unspecified atom stereocenters. The van der Waals surface area contributed by atoms with Gasteiger partial charge in [-0.25, -0.2) is 4.98 Å². The molecule has 2 aromatic heterocycles. The van der Waals surface area contributed by atoms with Crippen LogP contribution in [0.15, 0.2) is 64.1 Å². The Morgan fingerprint density at radius 3 is 2.68 bits per heavy atom. The average Bonchev–Trinajstić information content (AvgIpc) is 3.35. The molecule has 28 heavy (non-hydrogen) atoms. The fraction of sp³-hybridized carbons (Fsp3) is 0.182. The van der Waals surface area contributed by atoms with Crippen LogP contribution < -0.4 is 4.90 Å². The number of carbonyl (C=O) groups excluding carboxylic acids is 1. The number of aromatic nitrogens is 1. The monoisotopic (exact) mass is 408 g/mol. The zero-order chi connectivity index (χ0) is 19.7. The van der Waals surface area contributed by atoms with Crippen LogP contribution in [0.4, 0.5) is 5.13 Å². The molecule has 2 aromatic carbocycles. The zero-order valence-electron chi connectivity index (χ0n) is 15.9. The van der Waals surface area contributed by atoms with Crippen molar-refractivity contribution in [2.24, 2.45) is 0 Å². The summed E-state index contributed by atoms with van der Waals surface area (Å²) in [6.07, 6.45) is 3.60. The van der Waals surface area contributed by atoms with E-state index in [4.69, 9.17) is 9.40 Å². The van der Waals surface area contributed by atoms with Crippen molar-refractivity contribution in [2.45, 2.75) is 25.3 Å². The van der Waals surface area contributed by atoms with Gasteiger partial charge in [-0.15, -0.1) is 11.8 Å². The van der Waals surface area contributed by atoms with E-state index in [1.54, 1.807) is 22.9 Å². The van der Waals surface area contributed by atoms with Gasteiger partial charge in [0.25, 0.3) is 5.91 Å². The van der Waals surface area contributed by atoms with Gasteiger partial charge in [-0.2, -0.15) is 0 Å². The van der Waals surface area contributed by atoms with Gasteiger partial charge in [0.2, 0.25) is 0 Å². The van der Waals surface area contributed by atoms with Crippen LogP contribution in [-0.2, 0) is 6.54 Å². The second kappa shape index (κ2) is 7.81. The van der Waals surface area contributed by atoms with E-state index in [-0.39, 0.29) is 5.91 Å². The molecule has 0 radical (unpaired) electrons. The number of carbonyl (C=O) groups is 1. The van der Waals surface area contributed by atoms with Crippen LogP contribution in [0.2, 0.25) is 0 Å². The number of anilines is 1. The van der Waals surface area contributed by atoms with Gasteiger partial charge in [-0.3, -0.25) is 9.69 Å². The van der Waals surface area contributed by atoms with E-state index >= 15 is 0 Å². The van der Waals surface area contributed by atoms with Crippen LogP contribution in [0.25, 0.3) is 10.2 Å². The van der Waals surface area contributed by atoms with E-state index < -0.39 is 0 Å². The van der Waals surface area contributed by atoms with Crippen LogP contribution in [0, 0.1) is 13.8 Å². The van der Waals surface area contributed by atoms with Crippen LogP contribution in [0.3, 0.4) is 0 Å². The van der Waals surface area contributed by atoms with E-state index in [2.05, 4.69) is 26.0 Å². The zero-order valence-corrected chi connectivity index (χ0v) is 17.6. The third kappa shape index (κ3) is 3.57. The predicted molar refractivity (Wildman–Crippen MR) is 117 cm³/mol. The minimum absolute atomic E-state index is 0.0751.